The Bertz CT molecular complexity index is 737. The van der Waals surface area contributed by atoms with Crippen LogP contribution < -0.4 is 10.5 Å². The lowest BCUT2D eigenvalue weighted by molar-refractivity contribution is -0.137. The van der Waals surface area contributed by atoms with Crippen LogP contribution in [0.15, 0.2) is 24.3 Å². The molecular formula is C12H11F3N4O2S. The van der Waals surface area contributed by atoms with Crippen LogP contribution in [0.3, 0.4) is 0 Å². The standard InChI is InChI=1S/C12H11F3N4O2S/c1-6-4-10(16)17-18-11(6)8-3-2-7(12(13,14)15)5-9(8)19-22(20)21/h2-5,19H,1H3,(H2,16,17)(H,20,21). The molecule has 22 heavy (non-hydrogen) atoms. The summed E-state index contributed by atoms with van der Waals surface area (Å²) in [6, 6.07) is 4.25. The smallest absolute Gasteiger partial charge is 0.382 e. The summed E-state index contributed by atoms with van der Waals surface area (Å²) in [5.41, 5.74) is 5.38. The van der Waals surface area contributed by atoms with Gasteiger partial charge in [0, 0.05) is 5.56 Å². The van der Waals surface area contributed by atoms with Crippen LogP contribution in [-0.2, 0) is 17.4 Å². The highest BCUT2D eigenvalue weighted by Gasteiger charge is 2.31. The van der Waals surface area contributed by atoms with Crippen LogP contribution >= 0.6 is 0 Å². The van der Waals surface area contributed by atoms with Crippen molar-refractivity contribution < 1.29 is 21.9 Å². The first kappa shape index (κ1) is 16.2. The fourth-order valence-corrected chi connectivity index (χ4v) is 2.23. The van der Waals surface area contributed by atoms with Crippen LogP contribution in [0.5, 0.6) is 0 Å². The largest absolute Gasteiger partial charge is 0.416 e. The van der Waals surface area contributed by atoms with Gasteiger partial charge in [0.25, 0.3) is 11.3 Å². The molecule has 0 saturated carbocycles. The van der Waals surface area contributed by atoms with E-state index in [9.17, 15) is 17.4 Å². The van der Waals surface area contributed by atoms with Crippen molar-refractivity contribution in [2.24, 2.45) is 0 Å². The van der Waals surface area contributed by atoms with Gasteiger partial charge >= 0.3 is 6.18 Å². The molecule has 6 nitrogen and oxygen atoms in total. The van der Waals surface area contributed by atoms with E-state index in [0.717, 1.165) is 18.2 Å². The van der Waals surface area contributed by atoms with Crippen molar-refractivity contribution in [1.29, 1.82) is 0 Å². The summed E-state index contributed by atoms with van der Waals surface area (Å²) in [5.74, 6) is 0.161. The SMILES string of the molecule is Cc1cc(N)nnc1-c1ccc(C(F)(F)F)cc1NS(=O)O. The zero-order valence-electron chi connectivity index (χ0n) is 11.2. The molecule has 1 atom stereocenters. The molecule has 1 heterocycles. The second-order valence-electron chi connectivity index (χ2n) is 4.41. The van der Waals surface area contributed by atoms with E-state index in [-0.39, 0.29) is 22.8 Å². The van der Waals surface area contributed by atoms with Crippen LogP contribution in [0, 0.1) is 6.92 Å². The molecule has 0 aliphatic heterocycles. The molecule has 0 bridgehead atoms. The lowest BCUT2D eigenvalue weighted by Crippen LogP contribution is -2.09. The highest BCUT2D eigenvalue weighted by molar-refractivity contribution is 7.80. The first-order valence-electron chi connectivity index (χ1n) is 5.87. The number of hydrogen-bond donors (Lipinski definition) is 3. The summed E-state index contributed by atoms with van der Waals surface area (Å²) in [4.78, 5) is 0. The van der Waals surface area contributed by atoms with E-state index >= 15 is 0 Å². The number of nitrogens with one attached hydrogen (secondary N) is 1. The van der Waals surface area contributed by atoms with Crippen LogP contribution in [-0.4, -0.2) is 19.0 Å². The van der Waals surface area contributed by atoms with E-state index in [1.54, 1.807) is 6.92 Å². The first-order chi connectivity index (χ1) is 10.2. The van der Waals surface area contributed by atoms with Gasteiger partial charge in [-0.1, -0.05) is 6.07 Å². The Labute approximate surface area is 126 Å². The Balaban J connectivity index is 2.61. The highest BCUT2D eigenvalue weighted by atomic mass is 32.2. The van der Waals surface area contributed by atoms with E-state index in [1.165, 1.54) is 6.07 Å². The molecule has 118 valence electrons. The lowest BCUT2D eigenvalue weighted by Gasteiger charge is -2.14. The van der Waals surface area contributed by atoms with Crippen molar-refractivity contribution in [3.05, 3.63) is 35.4 Å². The van der Waals surface area contributed by atoms with Gasteiger partial charge in [0.15, 0.2) is 0 Å². The number of halogens is 3. The van der Waals surface area contributed by atoms with Crippen LogP contribution in [0.4, 0.5) is 24.7 Å². The topological polar surface area (TPSA) is 101 Å². The van der Waals surface area contributed by atoms with Crippen molar-refractivity contribution in [2.45, 2.75) is 13.1 Å². The first-order valence-corrected chi connectivity index (χ1v) is 6.98. The van der Waals surface area contributed by atoms with E-state index in [0.29, 0.717) is 5.56 Å². The third kappa shape index (κ3) is 3.52. The minimum absolute atomic E-state index is 0.161. The summed E-state index contributed by atoms with van der Waals surface area (Å²) in [6.45, 7) is 1.65. The fourth-order valence-electron chi connectivity index (χ4n) is 1.88. The van der Waals surface area contributed by atoms with Gasteiger partial charge in [-0.2, -0.15) is 13.2 Å². The second-order valence-corrected chi connectivity index (χ2v) is 5.11. The third-order valence-electron chi connectivity index (χ3n) is 2.80. The van der Waals surface area contributed by atoms with Gasteiger partial charge in [-0.25, -0.2) is 4.21 Å². The van der Waals surface area contributed by atoms with Gasteiger partial charge in [0.2, 0.25) is 0 Å². The Kier molecular flexibility index (Phi) is 4.33. The Morgan fingerprint density at radius 3 is 2.50 bits per heavy atom. The number of aryl methyl sites for hydroxylation is 1. The summed E-state index contributed by atoms with van der Waals surface area (Å²) >= 11 is -2.54. The molecule has 0 aliphatic carbocycles. The number of nitrogens with two attached hydrogens (primary N) is 1. The summed E-state index contributed by atoms with van der Waals surface area (Å²) in [6.07, 6.45) is -4.58. The van der Waals surface area contributed by atoms with E-state index in [2.05, 4.69) is 14.9 Å². The predicted molar refractivity (Wildman–Crippen MR) is 76.0 cm³/mol. The molecule has 2 aromatic rings. The van der Waals surface area contributed by atoms with Crippen molar-refractivity contribution in [1.82, 2.24) is 10.2 Å². The summed E-state index contributed by atoms with van der Waals surface area (Å²) in [7, 11) is 0. The molecule has 0 saturated heterocycles. The molecule has 0 aliphatic rings. The number of hydrogen-bond acceptors (Lipinski definition) is 4. The Hall–Kier alpha value is -2.20. The average molecular weight is 332 g/mol. The molecule has 0 amide bonds. The van der Waals surface area contributed by atoms with E-state index in [4.69, 9.17) is 10.3 Å². The number of nitrogen functional groups attached to an aromatic ring is 1. The molecule has 0 radical (unpaired) electrons. The maximum atomic E-state index is 12.8. The van der Waals surface area contributed by atoms with Gasteiger partial charge in [0.1, 0.15) is 5.82 Å². The molecule has 1 unspecified atom stereocenters. The highest BCUT2D eigenvalue weighted by Crippen LogP contribution is 2.36. The molecule has 1 aromatic heterocycles. The summed E-state index contributed by atoms with van der Waals surface area (Å²) < 4.78 is 60.2. The van der Waals surface area contributed by atoms with Crippen LogP contribution in [0.25, 0.3) is 11.3 Å². The van der Waals surface area contributed by atoms with Gasteiger partial charge in [-0.3, -0.25) is 9.27 Å². The van der Waals surface area contributed by atoms with Gasteiger partial charge < -0.3 is 5.73 Å². The van der Waals surface area contributed by atoms with Gasteiger partial charge in [-0.15, -0.1) is 10.2 Å². The number of anilines is 2. The lowest BCUT2D eigenvalue weighted by atomic mass is 10.0. The minimum Gasteiger partial charge on any atom is -0.382 e. The number of aromatic nitrogens is 2. The zero-order chi connectivity index (χ0) is 16.5. The normalized spacial score (nSPS) is 13.0. The van der Waals surface area contributed by atoms with E-state index < -0.39 is 23.0 Å². The van der Waals surface area contributed by atoms with Crippen LogP contribution in [0.2, 0.25) is 0 Å². The Morgan fingerprint density at radius 1 is 1.27 bits per heavy atom. The van der Waals surface area contributed by atoms with Crippen molar-refractivity contribution in [3.63, 3.8) is 0 Å². The predicted octanol–water partition coefficient (Wildman–Crippen LogP) is 2.60. The van der Waals surface area contributed by atoms with Crippen molar-refractivity contribution in [2.75, 3.05) is 10.5 Å². The molecule has 4 N–H and O–H groups in total. The number of nitrogens with zero attached hydrogens (tertiary/aromatic N) is 2. The molecule has 10 heteroatoms. The molecule has 1 aromatic carbocycles. The monoisotopic (exact) mass is 332 g/mol. The number of alkyl halides is 3. The molecule has 0 fully saturated rings. The number of rotatable bonds is 3. The van der Waals surface area contributed by atoms with Crippen molar-refractivity contribution >= 4 is 22.8 Å². The molecular weight excluding hydrogens is 321 g/mol. The fraction of sp³-hybridized carbons (Fsp3) is 0.167. The minimum atomic E-state index is -4.58. The third-order valence-corrected chi connectivity index (χ3v) is 3.20. The Morgan fingerprint density at radius 2 is 1.95 bits per heavy atom. The molecule has 2 rings (SSSR count). The van der Waals surface area contributed by atoms with Crippen LogP contribution in [0.1, 0.15) is 11.1 Å². The average Bonchev–Trinajstić information content (AvgIpc) is 2.37. The van der Waals surface area contributed by atoms with Gasteiger partial charge in [-0.05, 0) is 30.7 Å². The van der Waals surface area contributed by atoms with E-state index in [1.807, 2.05) is 0 Å². The molecule has 0 spiro atoms. The summed E-state index contributed by atoms with van der Waals surface area (Å²) in [5, 5.41) is 7.48. The zero-order valence-corrected chi connectivity index (χ0v) is 12.0. The number of benzene rings is 1. The van der Waals surface area contributed by atoms with Crippen molar-refractivity contribution in [3.8, 4) is 11.3 Å². The maximum Gasteiger partial charge on any atom is 0.416 e. The maximum absolute atomic E-state index is 12.8. The van der Waals surface area contributed by atoms with Gasteiger partial charge in [0.05, 0.1) is 16.9 Å². The quantitative estimate of drug-likeness (QED) is 0.750. The second kappa shape index (κ2) is 5.89.